The number of carbonyl (C=O) groups excluding carboxylic acids is 1. The molecule has 0 spiro atoms. The van der Waals surface area contributed by atoms with E-state index in [0.29, 0.717) is 25.9 Å². The van der Waals surface area contributed by atoms with Crippen molar-refractivity contribution in [2.24, 2.45) is 0 Å². The number of benzene rings is 1. The van der Waals surface area contributed by atoms with E-state index < -0.39 is 5.60 Å². The van der Waals surface area contributed by atoms with Crippen LogP contribution >= 0.6 is 0 Å². The Kier molecular flexibility index (Phi) is 6.60. The zero-order chi connectivity index (χ0) is 17.6. The molecule has 0 aliphatic carbocycles. The fourth-order valence-corrected chi connectivity index (χ4v) is 3.49. The van der Waals surface area contributed by atoms with Crippen molar-refractivity contribution in [2.75, 3.05) is 31.1 Å². The van der Waals surface area contributed by atoms with Crippen LogP contribution in [0.3, 0.4) is 0 Å². The van der Waals surface area contributed by atoms with E-state index in [-0.39, 0.29) is 18.1 Å². The summed E-state index contributed by atoms with van der Waals surface area (Å²) in [6.45, 7) is 6.82. The Morgan fingerprint density at radius 1 is 1.08 bits per heavy atom. The fraction of sp³-hybridized carbons (Fsp3) is 0.632. The Hall–Kier alpha value is -1.62. The number of amides is 1. The summed E-state index contributed by atoms with van der Waals surface area (Å²) >= 11 is 0. The van der Waals surface area contributed by atoms with Gasteiger partial charge < -0.3 is 14.9 Å². The molecule has 0 bridgehead atoms. The number of hydrogen-bond acceptors (Lipinski definition) is 3. The van der Waals surface area contributed by atoms with E-state index in [4.69, 9.17) is 0 Å². The number of rotatable bonds is 7. The molecule has 1 amide bonds. The van der Waals surface area contributed by atoms with Crippen molar-refractivity contribution < 1.29 is 14.3 Å². The van der Waals surface area contributed by atoms with Gasteiger partial charge in [-0.3, -0.25) is 4.79 Å². The van der Waals surface area contributed by atoms with E-state index in [2.05, 4.69) is 4.90 Å². The maximum Gasteiger partial charge on any atom is 0.225 e. The van der Waals surface area contributed by atoms with Gasteiger partial charge in [0.1, 0.15) is 5.82 Å². The molecule has 1 aromatic carbocycles. The summed E-state index contributed by atoms with van der Waals surface area (Å²) in [5.74, 6) is -0.197. The third-order valence-electron chi connectivity index (χ3n) is 4.74. The number of halogens is 1. The third-order valence-corrected chi connectivity index (χ3v) is 4.74. The van der Waals surface area contributed by atoms with Crippen molar-refractivity contribution in [3.8, 4) is 0 Å². The smallest absolute Gasteiger partial charge is 0.225 e. The lowest BCUT2D eigenvalue weighted by Crippen LogP contribution is -2.50. The molecule has 0 saturated carbocycles. The maximum absolute atomic E-state index is 13.0. The largest absolute Gasteiger partial charge is 0.389 e. The van der Waals surface area contributed by atoms with Crippen LogP contribution in [0.5, 0.6) is 0 Å². The van der Waals surface area contributed by atoms with Crippen LogP contribution < -0.4 is 4.90 Å². The van der Waals surface area contributed by atoms with Gasteiger partial charge in [-0.1, -0.05) is 26.7 Å². The molecule has 0 aromatic heterocycles. The highest BCUT2D eigenvalue weighted by molar-refractivity contribution is 5.77. The summed E-state index contributed by atoms with van der Waals surface area (Å²) in [5.41, 5.74) is 0.117. The highest BCUT2D eigenvalue weighted by Gasteiger charge is 2.31. The zero-order valence-electron chi connectivity index (χ0n) is 14.8. The van der Waals surface area contributed by atoms with Crippen molar-refractivity contribution >= 4 is 11.6 Å². The van der Waals surface area contributed by atoms with Crippen molar-refractivity contribution in [1.29, 1.82) is 0 Å². The number of anilines is 1. The number of nitrogens with zero attached hydrogens (tertiary/aromatic N) is 2. The van der Waals surface area contributed by atoms with Gasteiger partial charge in [-0.25, -0.2) is 4.39 Å². The lowest BCUT2D eigenvalue weighted by Gasteiger charge is -2.38. The molecule has 1 heterocycles. The molecule has 134 valence electrons. The lowest BCUT2D eigenvalue weighted by atomic mass is 9.88. The molecule has 2 rings (SSSR count). The Morgan fingerprint density at radius 2 is 1.62 bits per heavy atom. The topological polar surface area (TPSA) is 43.8 Å². The Labute approximate surface area is 144 Å². The van der Waals surface area contributed by atoms with Crippen molar-refractivity contribution in [3.63, 3.8) is 0 Å². The fourth-order valence-electron chi connectivity index (χ4n) is 3.49. The second-order valence-electron chi connectivity index (χ2n) is 6.75. The SMILES string of the molecule is CCCC(O)(CCC)CC(=O)N1CCN(c2ccc(F)cc2)CC1. The quantitative estimate of drug-likeness (QED) is 0.831. The van der Waals surface area contributed by atoms with E-state index >= 15 is 0 Å². The Balaban J connectivity index is 1.89. The van der Waals surface area contributed by atoms with Crippen molar-refractivity contribution in [3.05, 3.63) is 30.1 Å². The minimum Gasteiger partial charge on any atom is -0.389 e. The Bertz CT molecular complexity index is 519. The van der Waals surface area contributed by atoms with Gasteiger partial charge in [-0.2, -0.15) is 0 Å². The van der Waals surface area contributed by atoms with E-state index in [1.165, 1.54) is 12.1 Å². The first kappa shape index (κ1) is 18.7. The van der Waals surface area contributed by atoms with Gasteiger partial charge >= 0.3 is 0 Å². The molecule has 1 aromatic rings. The molecular formula is C19H29FN2O2. The molecule has 1 N–H and O–H groups in total. The van der Waals surface area contributed by atoms with Crippen LogP contribution in [-0.4, -0.2) is 47.7 Å². The molecule has 0 radical (unpaired) electrons. The van der Waals surface area contributed by atoms with Crippen LogP contribution in [0.1, 0.15) is 46.0 Å². The molecule has 24 heavy (non-hydrogen) atoms. The van der Waals surface area contributed by atoms with Crippen molar-refractivity contribution in [2.45, 2.75) is 51.6 Å². The molecule has 0 atom stereocenters. The van der Waals surface area contributed by atoms with Gasteiger partial charge in [0.25, 0.3) is 0 Å². The van der Waals surface area contributed by atoms with Gasteiger partial charge in [0.15, 0.2) is 0 Å². The molecule has 5 heteroatoms. The molecule has 1 aliphatic rings. The molecule has 4 nitrogen and oxygen atoms in total. The second-order valence-corrected chi connectivity index (χ2v) is 6.75. The van der Waals surface area contributed by atoms with Gasteiger partial charge in [0.05, 0.1) is 12.0 Å². The minimum atomic E-state index is -0.866. The van der Waals surface area contributed by atoms with Crippen LogP contribution in [0.15, 0.2) is 24.3 Å². The van der Waals surface area contributed by atoms with Crippen LogP contribution in [0.4, 0.5) is 10.1 Å². The monoisotopic (exact) mass is 336 g/mol. The summed E-state index contributed by atoms with van der Waals surface area (Å²) in [6, 6.07) is 6.47. The molecular weight excluding hydrogens is 307 g/mol. The number of aliphatic hydroxyl groups is 1. The third kappa shape index (κ3) is 4.94. The Morgan fingerprint density at radius 3 is 2.12 bits per heavy atom. The highest BCUT2D eigenvalue weighted by Crippen LogP contribution is 2.25. The first-order chi connectivity index (χ1) is 11.5. The van der Waals surface area contributed by atoms with E-state index in [1.807, 2.05) is 18.7 Å². The summed E-state index contributed by atoms with van der Waals surface area (Å²) < 4.78 is 13.0. The summed E-state index contributed by atoms with van der Waals surface area (Å²) in [7, 11) is 0. The highest BCUT2D eigenvalue weighted by atomic mass is 19.1. The minimum absolute atomic E-state index is 0.0400. The van der Waals surface area contributed by atoms with Gasteiger partial charge in [0.2, 0.25) is 5.91 Å². The molecule has 1 fully saturated rings. The van der Waals surface area contributed by atoms with E-state index in [1.54, 1.807) is 12.1 Å². The molecule has 1 saturated heterocycles. The average Bonchev–Trinajstić information content (AvgIpc) is 2.56. The predicted octanol–water partition coefficient (Wildman–Crippen LogP) is 3.20. The van der Waals surface area contributed by atoms with Gasteiger partial charge in [0, 0.05) is 31.9 Å². The molecule has 0 unspecified atom stereocenters. The second kappa shape index (κ2) is 8.47. The summed E-state index contributed by atoms with van der Waals surface area (Å²) in [6.07, 6.45) is 3.31. The van der Waals surface area contributed by atoms with Crippen LogP contribution in [0, 0.1) is 5.82 Å². The maximum atomic E-state index is 13.0. The lowest BCUT2D eigenvalue weighted by molar-refractivity contribution is -0.137. The van der Waals surface area contributed by atoms with E-state index in [9.17, 15) is 14.3 Å². The van der Waals surface area contributed by atoms with Crippen LogP contribution in [0.2, 0.25) is 0 Å². The van der Waals surface area contributed by atoms with Gasteiger partial charge in [-0.05, 0) is 37.1 Å². The van der Waals surface area contributed by atoms with E-state index in [0.717, 1.165) is 31.6 Å². The summed E-state index contributed by atoms with van der Waals surface area (Å²) in [5, 5.41) is 10.7. The van der Waals surface area contributed by atoms with Crippen molar-refractivity contribution in [1.82, 2.24) is 4.90 Å². The summed E-state index contributed by atoms with van der Waals surface area (Å²) in [4.78, 5) is 16.6. The average molecular weight is 336 g/mol. The standard InChI is InChI=1S/C19H29FN2O2/c1-3-9-19(24,10-4-2)15-18(23)22-13-11-21(12-14-22)17-7-5-16(20)6-8-17/h5-8,24H,3-4,9-15H2,1-2H3. The molecule has 1 aliphatic heterocycles. The number of carbonyl (C=O) groups is 1. The first-order valence-electron chi connectivity index (χ1n) is 8.98. The van der Waals surface area contributed by atoms with Crippen LogP contribution in [-0.2, 0) is 4.79 Å². The van der Waals surface area contributed by atoms with Gasteiger partial charge in [-0.15, -0.1) is 0 Å². The first-order valence-corrected chi connectivity index (χ1v) is 8.98. The van der Waals surface area contributed by atoms with Crippen LogP contribution in [0.25, 0.3) is 0 Å². The number of piperazine rings is 1. The number of hydrogen-bond donors (Lipinski definition) is 1. The normalized spacial score (nSPS) is 15.7. The predicted molar refractivity (Wildman–Crippen MR) is 94.6 cm³/mol. The zero-order valence-corrected chi connectivity index (χ0v) is 14.8.